The summed E-state index contributed by atoms with van der Waals surface area (Å²) in [5, 5.41) is 0. The van der Waals surface area contributed by atoms with Gasteiger partial charge in [-0.25, -0.2) is 0 Å². The molecule has 0 bridgehead atoms. The molecule has 1 unspecified atom stereocenters. The van der Waals surface area contributed by atoms with Crippen LogP contribution >= 0.6 is 11.8 Å². The molecule has 1 heterocycles. The number of rotatable bonds is 4. The molecule has 0 aliphatic carbocycles. The van der Waals surface area contributed by atoms with Crippen molar-refractivity contribution in [1.29, 1.82) is 0 Å². The highest BCUT2D eigenvalue weighted by molar-refractivity contribution is 8.00. The largest absolute Gasteiger partial charge is 0.446 e. The molecule has 1 saturated heterocycles. The number of alkyl halides is 3. The van der Waals surface area contributed by atoms with Crippen molar-refractivity contribution in [3.05, 3.63) is 29.8 Å². The van der Waals surface area contributed by atoms with Crippen molar-refractivity contribution in [2.75, 3.05) is 6.61 Å². The summed E-state index contributed by atoms with van der Waals surface area (Å²) in [6.45, 7) is 7.07. The first-order valence-corrected chi connectivity index (χ1v) is 6.92. The van der Waals surface area contributed by atoms with E-state index in [-0.39, 0.29) is 27.7 Å². The average molecular weight is 290 g/mol. The van der Waals surface area contributed by atoms with E-state index in [0.29, 0.717) is 0 Å². The minimum absolute atomic E-state index is 0.0221. The lowest BCUT2D eigenvalue weighted by molar-refractivity contribution is -0.0328. The van der Waals surface area contributed by atoms with Crippen molar-refractivity contribution < 1.29 is 17.9 Å². The lowest BCUT2D eigenvalue weighted by Crippen LogP contribution is -2.32. The fourth-order valence-corrected chi connectivity index (χ4v) is 2.54. The minimum Gasteiger partial charge on any atom is -0.369 e. The van der Waals surface area contributed by atoms with Crippen LogP contribution in [-0.4, -0.2) is 17.7 Å². The fourth-order valence-electron chi connectivity index (χ4n) is 2.01. The highest BCUT2D eigenvalue weighted by Crippen LogP contribution is 2.46. The molecule has 1 aliphatic heterocycles. The fraction of sp³-hybridized carbons (Fsp3) is 0.571. The Hall–Kier alpha value is -0.680. The van der Waals surface area contributed by atoms with Crippen LogP contribution in [-0.2, 0) is 11.2 Å². The summed E-state index contributed by atoms with van der Waals surface area (Å²) in [4.78, 5) is 0.225. The van der Waals surface area contributed by atoms with E-state index in [1.165, 1.54) is 12.1 Å². The summed E-state index contributed by atoms with van der Waals surface area (Å²) in [6.07, 6.45) is 0.792. The first kappa shape index (κ1) is 14.7. The van der Waals surface area contributed by atoms with E-state index in [1.807, 2.05) is 0 Å². The van der Waals surface area contributed by atoms with Gasteiger partial charge in [-0.05, 0) is 48.2 Å². The van der Waals surface area contributed by atoms with Crippen molar-refractivity contribution in [1.82, 2.24) is 0 Å². The number of benzene rings is 1. The summed E-state index contributed by atoms with van der Waals surface area (Å²) in [5.41, 5.74) is -3.32. The SMILES string of the molecule is CC(C)(Cc1ccc(SC(F)(F)F)cc1)C1(C)CO1. The van der Waals surface area contributed by atoms with E-state index in [4.69, 9.17) is 4.74 Å². The molecule has 0 radical (unpaired) electrons. The molecule has 106 valence electrons. The van der Waals surface area contributed by atoms with Crippen molar-refractivity contribution in [2.24, 2.45) is 5.41 Å². The van der Waals surface area contributed by atoms with E-state index in [1.54, 1.807) is 12.1 Å². The Bertz CT molecular complexity index is 447. The number of halogens is 3. The van der Waals surface area contributed by atoms with Gasteiger partial charge in [0.15, 0.2) is 0 Å². The molecule has 2 rings (SSSR count). The molecule has 1 fully saturated rings. The third-order valence-corrected chi connectivity index (χ3v) is 4.55. The van der Waals surface area contributed by atoms with Gasteiger partial charge in [0.25, 0.3) is 0 Å². The van der Waals surface area contributed by atoms with E-state index < -0.39 is 5.51 Å². The van der Waals surface area contributed by atoms with Crippen LogP contribution in [0.4, 0.5) is 13.2 Å². The molecule has 19 heavy (non-hydrogen) atoms. The molecule has 1 nitrogen and oxygen atoms in total. The molecule has 5 heteroatoms. The Kier molecular flexibility index (Phi) is 3.64. The van der Waals surface area contributed by atoms with Gasteiger partial charge in [-0.15, -0.1) is 0 Å². The zero-order valence-electron chi connectivity index (χ0n) is 11.2. The van der Waals surface area contributed by atoms with E-state index >= 15 is 0 Å². The van der Waals surface area contributed by atoms with Crippen LogP contribution in [0.5, 0.6) is 0 Å². The Morgan fingerprint density at radius 2 is 1.74 bits per heavy atom. The molecule has 0 N–H and O–H groups in total. The quantitative estimate of drug-likeness (QED) is 0.591. The van der Waals surface area contributed by atoms with Gasteiger partial charge >= 0.3 is 5.51 Å². The monoisotopic (exact) mass is 290 g/mol. The van der Waals surface area contributed by atoms with Crippen LogP contribution in [0.25, 0.3) is 0 Å². The molecule has 0 aromatic heterocycles. The normalized spacial score (nSPS) is 23.5. The highest BCUT2D eigenvalue weighted by Gasteiger charge is 2.52. The van der Waals surface area contributed by atoms with Crippen molar-refractivity contribution >= 4 is 11.8 Å². The van der Waals surface area contributed by atoms with Gasteiger partial charge in [0, 0.05) is 4.90 Å². The zero-order chi connectivity index (χ0) is 14.3. The van der Waals surface area contributed by atoms with Crippen LogP contribution in [0, 0.1) is 5.41 Å². The first-order valence-electron chi connectivity index (χ1n) is 6.10. The third-order valence-electron chi connectivity index (χ3n) is 3.81. The number of epoxide rings is 1. The second-order valence-electron chi connectivity index (χ2n) is 5.77. The average Bonchev–Trinajstić information content (AvgIpc) is 2.99. The van der Waals surface area contributed by atoms with Crippen LogP contribution in [0.15, 0.2) is 29.2 Å². The van der Waals surface area contributed by atoms with Crippen LogP contribution < -0.4 is 0 Å². The van der Waals surface area contributed by atoms with Gasteiger partial charge < -0.3 is 4.74 Å². The zero-order valence-corrected chi connectivity index (χ0v) is 12.0. The predicted octanol–water partition coefficient (Wildman–Crippen LogP) is 4.66. The molecule has 0 saturated carbocycles. The molecule has 1 aliphatic rings. The Morgan fingerprint density at radius 1 is 1.21 bits per heavy atom. The lowest BCUT2D eigenvalue weighted by atomic mass is 9.75. The van der Waals surface area contributed by atoms with Gasteiger partial charge in [0.1, 0.15) is 0 Å². The smallest absolute Gasteiger partial charge is 0.369 e. The lowest BCUT2D eigenvalue weighted by Gasteiger charge is -2.29. The van der Waals surface area contributed by atoms with Gasteiger partial charge in [-0.1, -0.05) is 26.0 Å². The highest BCUT2D eigenvalue weighted by atomic mass is 32.2. The number of hydrogen-bond acceptors (Lipinski definition) is 2. The summed E-state index contributed by atoms with van der Waals surface area (Å²) in [6, 6.07) is 6.59. The molecule has 0 spiro atoms. The van der Waals surface area contributed by atoms with E-state index in [2.05, 4.69) is 20.8 Å². The molecule has 1 aromatic rings. The topological polar surface area (TPSA) is 12.5 Å². The van der Waals surface area contributed by atoms with Crippen LogP contribution in [0.2, 0.25) is 0 Å². The summed E-state index contributed by atoms with van der Waals surface area (Å²) in [5.74, 6) is 0. The maximum atomic E-state index is 12.2. The second-order valence-corrected chi connectivity index (χ2v) is 6.91. The summed E-state index contributed by atoms with van der Waals surface area (Å²) in [7, 11) is 0. The molecular formula is C14H17F3OS. The molecule has 0 amide bonds. The maximum absolute atomic E-state index is 12.2. The molecular weight excluding hydrogens is 273 g/mol. The maximum Gasteiger partial charge on any atom is 0.446 e. The van der Waals surface area contributed by atoms with Crippen molar-refractivity contribution in [3.63, 3.8) is 0 Å². The Morgan fingerprint density at radius 3 is 2.16 bits per heavy atom. The van der Waals surface area contributed by atoms with Gasteiger partial charge in [-0.3, -0.25) is 0 Å². The Balaban J connectivity index is 2.03. The second kappa shape index (κ2) is 4.70. The molecule has 1 aromatic carbocycles. The first-order chi connectivity index (χ1) is 8.61. The van der Waals surface area contributed by atoms with Crippen LogP contribution in [0.3, 0.4) is 0 Å². The van der Waals surface area contributed by atoms with E-state index in [9.17, 15) is 13.2 Å². The summed E-state index contributed by atoms with van der Waals surface area (Å²) >= 11 is -0.0794. The predicted molar refractivity (Wildman–Crippen MR) is 70.2 cm³/mol. The minimum atomic E-state index is -4.23. The van der Waals surface area contributed by atoms with Crippen LogP contribution in [0.1, 0.15) is 26.3 Å². The van der Waals surface area contributed by atoms with Gasteiger partial charge in [-0.2, -0.15) is 13.2 Å². The Labute approximate surface area is 115 Å². The standard InChI is InChI=1S/C14H17F3OS/c1-12(2,13(3)9-18-13)8-10-4-6-11(7-5-10)19-14(15,16)17/h4-7H,8-9H2,1-3H3. The van der Waals surface area contributed by atoms with Crippen molar-refractivity contribution in [2.45, 2.75) is 43.2 Å². The molecule has 1 atom stereocenters. The number of thioether (sulfide) groups is 1. The third kappa shape index (κ3) is 3.66. The van der Waals surface area contributed by atoms with E-state index in [0.717, 1.165) is 18.6 Å². The van der Waals surface area contributed by atoms with Gasteiger partial charge in [0.05, 0.1) is 12.2 Å². The van der Waals surface area contributed by atoms with Gasteiger partial charge in [0.2, 0.25) is 0 Å². The summed E-state index contributed by atoms with van der Waals surface area (Å²) < 4.78 is 42.1. The number of ether oxygens (including phenoxy) is 1. The van der Waals surface area contributed by atoms with Crippen molar-refractivity contribution in [3.8, 4) is 0 Å². The number of hydrogen-bond donors (Lipinski definition) is 0.